The first kappa shape index (κ1) is 13.9. The number of hydrogen-bond acceptors (Lipinski definition) is 3. The number of fused-ring (bicyclic) bond motifs is 1. The summed E-state index contributed by atoms with van der Waals surface area (Å²) >= 11 is 0. The van der Waals surface area contributed by atoms with Crippen LogP contribution in [0.25, 0.3) is 0 Å². The number of rotatable bonds is 6. The van der Waals surface area contributed by atoms with E-state index in [1.54, 1.807) is 7.11 Å². The highest BCUT2D eigenvalue weighted by Crippen LogP contribution is 2.50. The smallest absolute Gasteiger partial charge is 0.125 e. The summed E-state index contributed by atoms with van der Waals surface area (Å²) in [4.78, 5) is 0. The lowest BCUT2D eigenvalue weighted by Gasteiger charge is -2.29. The molecule has 1 aliphatic carbocycles. The number of para-hydroxylation sites is 1. The van der Waals surface area contributed by atoms with Crippen LogP contribution in [-0.2, 0) is 4.74 Å². The van der Waals surface area contributed by atoms with E-state index in [-0.39, 0.29) is 11.6 Å². The van der Waals surface area contributed by atoms with Crippen LogP contribution in [0, 0.1) is 5.41 Å². The van der Waals surface area contributed by atoms with Gasteiger partial charge in [0.2, 0.25) is 0 Å². The fraction of sp³-hybridized carbons (Fsp3) is 0.647. The van der Waals surface area contributed by atoms with E-state index in [4.69, 9.17) is 9.47 Å². The minimum absolute atomic E-state index is 0.180. The Morgan fingerprint density at radius 1 is 1.30 bits per heavy atom. The number of ether oxygens (including phenoxy) is 2. The number of benzene rings is 1. The fourth-order valence-electron chi connectivity index (χ4n) is 3.21. The predicted molar refractivity (Wildman–Crippen MR) is 80.1 cm³/mol. The van der Waals surface area contributed by atoms with Crippen molar-refractivity contribution in [3.63, 3.8) is 0 Å². The SMILES string of the molecule is COCCC1(CNC2c3ccccc3OC2(C)C)CC1. The van der Waals surface area contributed by atoms with Gasteiger partial charge in [0.25, 0.3) is 0 Å². The lowest BCUT2D eigenvalue weighted by atomic mass is 9.93. The first-order valence-corrected chi connectivity index (χ1v) is 7.57. The van der Waals surface area contributed by atoms with E-state index in [1.807, 2.05) is 6.07 Å². The van der Waals surface area contributed by atoms with Gasteiger partial charge in [0, 0.05) is 25.8 Å². The summed E-state index contributed by atoms with van der Waals surface area (Å²) in [5.74, 6) is 1.02. The van der Waals surface area contributed by atoms with Crippen molar-refractivity contribution in [3.05, 3.63) is 29.8 Å². The Balaban J connectivity index is 1.68. The van der Waals surface area contributed by atoms with Gasteiger partial charge < -0.3 is 14.8 Å². The molecule has 110 valence electrons. The van der Waals surface area contributed by atoms with Crippen LogP contribution in [-0.4, -0.2) is 25.9 Å². The van der Waals surface area contributed by atoms with Crippen LogP contribution >= 0.6 is 0 Å². The van der Waals surface area contributed by atoms with Crippen LogP contribution in [0.15, 0.2) is 24.3 Å². The number of methoxy groups -OCH3 is 1. The van der Waals surface area contributed by atoms with Gasteiger partial charge in [0.05, 0.1) is 6.04 Å². The third-order valence-corrected chi connectivity index (χ3v) is 4.77. The Hall–Kier alpha value is -1.06. The zero-order valence-corrected chi connectivity index (χ0v) is 12.7. The molecule has 0 saturated heterocycles. The van der Waals surface area contributed by atoms with E-state index in [2.05, 4.69) is 37.4 Å². The molecule has 0 aromatic heterocycles. The van der Waals surface area contributed by atoms with Gasteiger partial charge in [0.1, 0.15) is 11.4 Å². The van der Waals surface area contributed by atoms with Gasteiger partial charge in [0.15, 0.2) is 0 Å². The maximum atomic E-state index is 6.09. The molecule has 1 aromatic rings. The highest BCUT2D eigenvalue weighted by molar-refractivity contribution is 5.42. The summed E-state index contributed by atoms with van der Waals surface area (Å²) in [5, 5.41) is 3.76. The van der Waals surface area contributed by atoms with Crippen molar-refractivity contribution in [2.24, 2.45) is 5.41 Å². The Morgan fingerprint density at radius 3 is 2.75 bits per heavy atom. The van der Waals surface area contributed by atoms with Crippen LogP contribution < -0.4 is 10.1 Å². The minimum atomic E-state index is -0.180. The first-order valence-electron chi connectivity index (χ1n) is 7.57. The second kappa shape index (κ2) is 5.05. The topological polar surface area (TPSA) is 30.5 Å². The largest absolute Gasteiger partial charge is 0.486 e. The first-order chi connectivity index (χ1) is 9.56. The van der Waals surface area contributed by atoms with Gasteiger partial charge >= 0.3 is 0 Å². The molecule has 0 radical (unpaired) electrons. The summed E-state index contributed by atoms with van der Waals surface area (Å²) < 4.78 is 11.3. The maximum absolute atomic E-state index is 6.09. The van der Waals surface area contributed by atoms with Crippen molar-refractivity contribution in [2.45, 2.75) is 44.8 Å². The molecule has 2 aliphatic rings. The maximum Gasteiger partial charge on any atom is 0.125 e. The Labute approximate surface area is 121 Å². The Bertz CT molecular complexity index is 480. The molecule has 1 heterocycles. The number of hydrogen-bond donors (Lipinski definition) is 1. The van der Waals surface area contributed by atoms with Crippen LogP contribution in [0.4, 0.5) is 0 Å². The van der Waals surface area contributed by atoms with Crippen molar-refractivity contribution < 1.29 is 9.47 Å². The minimum Gasteiger partial charge on any atom is -0.486 e. The lowest BCUT2D eigenvalue weighted by Crippen LogP contribution is -2.41. The molecule has 1 atom stereocenters. The molecule has 0 bridgehead atoms. The standard InChI is InChI=1S/C17H25NO2/c1-16(2)15(13-6-4-5-7-14(13)20-16)18-12-17(8-9-17)10-11-19-3/h4-7,15,18H,8-12H2,1-3H3. The van der Waals surface area contributed by atoms with Crippen molar-refractivity contribution in [1.82, 2.24) is 5.32 Å². The Kier molecular flexibility index (Phi) is 3.51. The fourth-order valence-corrected chi connectivity index (χ4v) is 3.21. The van der Waals surface area contributed by atoms with E-state index in [0.29, 0.717) is 5.41 Å². The van der Waals surface area contributed by atoms with Crippen molar-refractivity contribution >= 4 is 0 Å². The summed E-state index contributed by atoms with van der Waals surface area (Å²) in [7, 11) is 1.79. The lowest BCUT2D eigenvalue weighted by molar-refractivity contribution is 0.0918. The molecular weight excluding hydrogens is 250 g/mol. The molecule has 3 rings (SSSR count). The van der Waals surface area contributed by atoms with Crippen LogP contribution in [0.3, 0.4) is 0 Å². The van der Waals surface area contributed by atoms with Crippen LogP contribution in [0.5, 0.6) is 5.75 Å². The molecule has 0 amide bonds. The van der Waals surface area contributed by atoms with Gasteiger partial charge in [-0.3, -0.25) is 0 Å². The molecule has 1 fully saturated rings. The van der Waals surface area contributed by atoms with Crippen LogP contribution in [0.2, 0.25) is 0 Å². The molecule has 1 aliphatic heterocycles. The summed E-state index contributed by atoms with van der Waals surface area (Å²) in [6, 6.07) is 8.65. The monoisotopic (exact) mass is 275 g/mol. The molecule has 1 aromatic carbocycles. The second-order valence-electron chi connectivity index (χ2n) is 6.80. The van der Waals surface area contributed by atoms with Gasteiger partial charge in [-0.2, -0.15) is 0 Å². The summed E-state index contributed by atoms with van der Waals surface area (Å²) in [6.45, 7) is 6.25. The van der Waals surface area contributed by atoms with E-state index >= 15 is 0 Å². The zero-order valence-electron chi connectivity index (χ0n) is 12.7. The predicted octanol–water partition coefficient (Wildman–Crippen LogP) is 3.31. The van der Waals surface area contributed by atoms with Crippen LogP contribution in [0.1, 0.15) is 44.7 Å². The quantitative estimate of drug-likeness (QED) is 0.864. The van der Waals surface area contributed by atoms with Gasteiger partial charge in [-0.15, -0.1) is 0 Å². The molecule has 20 heavy (non-hydrogen) atoms. The highest BCUT2D eigenvalue weighted by atomic mass is 16.5. The van der Waals surface area contributed by atoms with E-state index in [9.17, 15) is 0 Å². The van der Waals surface area contributed by atoms with E-state index in [1.165, 1.54) is 18.4 Å². The molecule has 1 unspecified atom stereocenters. The third-order valence-electron chi connectivity index (χ3n) is 4.77. The molecule has 0 spiro atoms. The van der Waals surface area contributed by atoms with Crippen molar-refractivity contribution in [1.29, 1.82) is 0 Å². The molecule has 3 nitrogen and oxygen atoms in total. The molecule has 1 N–H and O–H groups in total. The normalized spacial score (nSPS) is 25.1. The van der Waals surface area contributed by atoms with Gasteiger partial charge in [-0.25, -0.2) is 0 Å². The average molecular weight is 275 g/mol. The molecule has 1 saturated carbocycles. The summed E-state index contributed by atoms with van der Waals surface area (Å²) in [5.41, 5.74) is 1.57. The average Bonchev–Trinajstić information content (AvgIpc) is 3.13. The molecule has 3 heteroatoms. The number of nitrogens with one attached hydrogen (secondary N) is 1. The second-order valence-corrected chi connectivity index (χ2v) is 6.80. The van der Waals surface area contributed by atoms with Crippen molar-refractivity contribution in [2.75, 3.05) is 20.3 Å². The van der Waals surface area contributed by atoms with E-state index in [0.717, 1.165) is 25.3 Å². The molecular formula is C17H25NO2. The van der Waals surface area contributed by atoms with Gasteiger partial charge in [-0.05, 0) is 44.6 Å². The zero-order chi connectivity index (χ0) is 14.2. The highest BCUT2D eigenvalue weighted by Gasteiger charge is 2.46. The third kappa shape index (κ3) is 2.57. The summed E-state index contributed by atoms with van der Waals surface area (Å²) in [6.07, 6.45) is 3.80. The van der Waals surface area contributed by atoms with E-state index < -0.39 is 0 Å². The Morgan fingerprint density at radius 2 is 2.05 bits per heavy atom. The van der Waals surface area contributed by atoms with Crippen molar-refractivity contribution in [3.8, 4) is 5.75 Å². The van der Waals surface area contributed by atoms with Gasteiger partial charge in [-0.1, -0.05) is 18.2 Å².